The van der Waals surface area contributed by atoms with Crippen molar-refractivity contribution in [1.82, 2.24) is 19.1 Å². The van der Waals surface area contributed by atoms with Crippen molar-refractivity contribution < 1.29 is 9.53 Å². The van der Waals surface area contributed by atoms with E-state index < -0.39 is 22.8 Å². The Morgan fingerprint density at radius 1 is 1.14 bits per heavy atom. The summed E-state index contributed by atoms with van der Waals surface area (Å²) in [6, 6.07) is 12.7. The third-order valence-corrected chi connectivity index (χ3v) is 7.36. The number of nitrogens with zero attached hydrogens (tertiary/aromatic N) is 4. The summed E-state index contributed by atoms with van der Waals surface area (Å²) >= 11 is 7.58. The Morgan fingerprint density at radius 3 is 2.58 bits per heavy atom. The molecule has 1 N–H and O–H groups in total. The van der Waals surface area contributed by atoms with Gasteiger partial charge in [-0.2, -0.15) is 4.98 Å². The molecule has 4 aromatic rings. The van der Waals surface area contributed by atoms with Crippen LogP contribution in [0.4, 0.5) is 11.6 Å². The molecule has 2 aromatic carbocycles. The fourth-order valence-corrected chi connectivity index (χ4v) is 5.08. The fourth-order valence-electron chi connectivity index (χ4n) is 4.09. The molecule has 2 aromatic heterocycles. The monoisotopic (exact) mass is 525 g/mol. The lowest BCUT2D eigenvalue weighted by Gasteiger charge is -2.18. The van der Waals surface area contributed by atoms with Crippen molar-refractivity contribution in [2.75, 3.05) is 11.9 Å². The molecule has 0 bridgehead atoms. The minimum absolute atomic E-state index is 0.0660. The van der Waals surface area contributed by atoms with E-state index in [4.69, 9.17) is 16.3 Å². The zero-order chi connectivity index (χ0) is 25.4. The number of aryl methyl sites for hydroxylation is 1. The van der Waals surface area contributed by atoms with Crippen LogP contribution in [0.2, 0.25) is 5.02 Å². The van der Waals surface area contributed by atoms with Gasteiger partial charge in [0.2, 0.25) is 5.95 Å². The largest absolute Gasteiger partial charge is 0.466 e. The van der Waals surface area contributed by atoms with E-state index >= 15 is 0 Å². The smallest absolute Gasteiger partial charge is 0.354 e. The highest BCUT2D eigenvalue weighted by Gasteiger charge is 2.52. The molecule has 9 nitrogen and oxygen atoms in total. The zero-order valence-corrected chi connectivity index (χ0v) is 21.4. The number of fused-ring (bicyclic) bond motifs is 1. The minimum atomic E-state index is -0.858. The molecule has 11 heteroatoms. The first-order chi connectivity index (χ1) is 17.3. The number of anilines is 2. The van der Waals surface area contributed by atoms with Gasteiger partial charge in [-0.1, -0.05) is 23.7 Å². The molecule has 1 aliphatic rings. The predicted octanol–water partition coefficient (Wildman–Crippen LogP) is 4.11. The van der Waals surface area contributed by atoms with Crippen LogP contribution < -0.4 is 16.7 Å². The maximum absolute atomic E-state index is 13.6. The topological polar surface area (TPSA) is 108 Å². The molecule has 2 heterocycles. The van der Waals surface area contributed by atoms with Crippen molar-refractivity contribution in [1.29, 1.82) is 0 Å². The molecular formula is C25H24ClN5O4S. The number of halogens is 1. The van der Waals surface area contributed by atoms with Crippen molar-refractivity contribution in [2.24, 2.45) is 5.41 Å². The molecular weight excluding hydrogens is 502 g/mol. The summed E-state index contributed by atoms with van der Waals surface area (Å²) in [5.74, 6) is -0.284. The van der Waals surface area contributed by atoms with Crippen molar-refractivity contribution in [3.63, 3.8) is 0 Å². The van der Waals surface area contributed by atoms with Gasteiger partial charge in [0, 0.05) is 17.3 Å². The number of nitrogens with one attached hydrogen (secondary N) is 1. The first-order valence-electron chi connectivity index (χ1n) is 11.6. The van der Waals surface area contributed by atoms with Gasteiger partial charge in [-0.3, -0.25) is 9.36 Å². The lowest BCUT2D eigenvalue weighted by Crippen LogP contribution is -2.45. The number of rotatable bonds is 8. The lowest BCUT2D eigenvalue weighted by molar-refractivity contribution is -0.150. The Bertz CT molecular complexity index is 1570. The van der Waals surface area contributed by atoms with Crippen LogP contribution in [0.15, 0.2) is 52.1 Å². The van der Waals surface area contributed by atoms with E-state index in [-0.39, 0.29) is 25.6 Å². The molecule has 0 spiro atoms. The second kappa shape index (κ2) is 9.51. The Kier molecular flexibility index (Phi) is 6.40. The summed E-state index contributed by atoms with van der Waals surface area (Å²) in [4.78, 5) is 47.8. The Hall–Kier alpha value is -3.50. The van der Waals surface area contributed by atoms with E-state index in [1.54, 1.807) is 42.5 Å². The van der Waals surface area contributed by atoms with E-state index in [0.717, 1.165) is 25.4 Å². The summed E-state index contributed by atoms with van der Waals surface area (Å²) < 4.78 is 8.59. The van der Waals surface area contributed by atoms with Crippen LogP contribution in [0.1, 0.15) is 30.3 Å². The van der Waals surface area contributed by atoms with Crippen LogP contribution >= 0.6 is 22.9 Å². The number of benzene rings is 2. The Labute approximate surface area is 215 Å². The number of carbonyl (C=O) groups is 1. The second-order valence-electron chi connectivity index (χ2n) is 8.84. The second-order valence-corrected chi connectivity index (χ2v) is 10.5. The van der Waals surface area contributed by atoms with Gasteiger partial charge in [0.1, 0.15) is 0 Å². The molecule has 1 fully saturated rings. The standard InChI is InChI=1S/C25H24ClN5O4S/c1-3-35-21(32)25(10-11-25)14-31-23(33)29-22(28-18-8-9-19-20(12-18)36-15(2)27-19)30(24(31)34)13-16-4-6-17(26)7-5-16/h4-9,12H,3,10-11,13-14H2,1-2H3,(H,28,29,33). The van der Waals surface area contributed by atoms with Gasteiger partial charge in [0.05, 0.1) is 33.8 Å². The highest BCUT2D eigenvalue weighted by Crippen LogP contribution is 2.47. The molecule has 186 valence electrons. The summed E-state index contributed by atoms with van der Waals surface area (Å²) in [6.07, 6.45) is 1.12. The maximum Gasteiger partial charge on any atom is 0.354 e. The summed E-state index contributed by atoms with van der Waals surface area (Å²) in [5, 5.41) is 4.65. The van der Waals surface area contributed by atoms with E-state index in [9.17, 15) is 14.4 Å². The van der Waals surface area contributed by atoms with Gasteiger partial charge in [-0.05, 0) is 62.6 Å². The van der Waals surface area contributed by atoms with E-state index in [1.807, 2.05) is 25.1 Å². The molecule has 0 amide bonds. The normalized spacial score (nSPS) is 14.1. The number of carbonyl (C=O) groups excluding carboxylic acids is 1. The summed E-state index contributed by atoms with van der Waals surface area (Å²) in [6.45, 7) is 3.99. The van der Waals surface area contributed by atoms with Gasteiger partial charge in [-0.25, -0.2) is 19.1 Å². The van der Waals surface area contributed by atoms with Gasteiger partial charge in [0.25, 0.3) is 0 Å². The number of ether oxygens (including phenoxy) is 1. The lowest BCUT2D eigenvalue weighted by atomic mass is 10.1. The number of hydrogen-bond donors (Lipinski definition) is 1. The maximum atomic E-state index is 13.6. The van der Waals surface area contributed by atoms with E-state index in [1.165, 1.54) is 4.57 Å². The number of aromatic nitrogens is 4. The molecule has 0 atom stereocenters. The number of esters is 1. The SMILES string of the molecule is CCOC(=O)C1(Cn2c(=O)nc(Nc3ccc4nc(C)sc4c3)n(Cc3ccc(Cl)cc3)c2=O)CC1. The molecule has 1 aliphatic carbocycles. The molecule has 0 unspecified atom stereocenters. The Morgan fingerprint density at radius 2 is 1.89 bits per heavy atom. The molecule has 0 saturated heterocycles. The van der Waals surface area contributed by atoms with Crippen molar-refractivity contribution in [3.8, 4) is 0 Å². The highest BCUT2D eigenvalue weighted by atomic mass is 35.5. The van der Waals surface area contributed by atoms with Gasteiger partial charge in [0.15, 0.2) is 0 Å². The van der Waals surface area contributed by atoms with E-state index in [0.29, 0.717) is 23.6 Å². The quantitative estimate of drug-likeness (QED) is 0.345. The highest BCUT2D eigenvalue weighted by molar-refractivity contribution is 7.18. The molecule has 5 rings (SSSR count). The average molecular weight is 526 g/mol. The van der Waals surface area contributed by atoms with Crippen molar-refractivity contribution in [2.45, 2.75) is 39.8 Å². The predicted molar refractivity (Wildman–Crippen MR) is 139 cm³/mol. The Balaban J connectivity index is 1.56. The van der Waals surface area contributed by atoms with Crippen molar-refractivity contribution >= 4 is 50.8 Å². The molecule has 0 aliphatic heterocycles. The molecule has 36 heavy (non-hydrogen) atoms. The van der Waals surface area contributed by atoms with Crippen LogP contribution in [0, 0.1) is 12.3 Å². The van der Waals surface area contributed by atoms with Gasteiger partial charge < -0.3 is 10.1 Å². The first-order valence-corrected chi connectivity index (χ1v) is 12.7. The summed E-state index contributed by atoms with van der Waals surface area (Å²) in [7, 11) is 0. The summed E-state index contributed by atoms with van der Waals surface area (Å²) in [5.41, 5.74) is 0.210. The van der Waals surface area contributed by atoms with Crippen molar-refractivity contribution in [3.05, 3.63) is 79.0 Å². The number of hydrogen-bond acceptors (Lipinski definition) is 8. The van der Waals surface area contributed by atoms with E-state index in [2.05, 4.69) is 15.3 Å². The van der Waals surface area contributed by atoms with Crippen LogP contribution in [-0.4, -0.2) is 31.7 Å². The fraction of sp³-hybridized carbons (Fsp3) is 0.320. The van der Waals surface area contributed by atoms with Crippen LogP contribution in [0.5, 0.6) is 0 Å². The zero-order valence-electron chi connectivity index (χ0n) is 19.8. The van der Waals surface area contributed by atoms with Crippen LogP contribution in [-0.2, 0) is 22.6 Å². The van der Waals surface area contributed by atoms with Gasteiger partial charge in [-0.15, -0.1) is 11.3 Å². The average Bonchev–Trinajstić information content (AvgIpc) is 3.54. The minimum Gasteiger partial charge on any atom is -0.466 e. The third-order valence-electron chi connectivity index (χ3n) is 6.18. The molecule has 0 radical (unpaired) electrons. The first kappa shape index (κ1) is 24.2. The third kappa shape index (κ3) is 4.78. The van der Waals surface area contributed by atoms with Crippen LogP contribution in [0.3, 0.4) is 0 Å². The van der Waals surface area contributed by atoms with Crippen LogP contribution in [0.25, 0.3) is 10.2 Å². The van der Waals surface area contributed by atoms with Gasteiger partial charge >= 0.3 is 17.3 Å². The number of thiazole rings is 1. The molecule has 1 saturated carbocycles.